The molecule has 4 heteroatoms. The van der Waals surface area contributed by atoms with Gasteiger partial charge in [-0.05, 0) is 38.3 Å². The second-order valence-corrected chi connectivity index (χ2v) is 4.75. The molecule has 2 N–H and O–H groups in total. The SMILES string of the molecule is CC(Cc1ccccc1)NC(=O)C1CCCN1.Cl. The van der Waals surface area contributed by atoms with Gasteiger partial charge in [-0.25, -0.2) is 0 Å². The number of carbonyl (C=O) groups excluding carboxylic acids is 1. The summed E-state index contributed by atoms with van der Waals surface area (Å²) >= 11 is 0. The van der Waals surface area contributed by atoms with Crippen LogP contribution in [0.15, 0.2) is 30.3 Å². The summed E-state index contributed by atoms with van der Waals surface area (Å²) in [5.41, 5.74) is 1.26. The third-order valence-corrected chi connectivity index (χ3v) is 3.15. The molecule has 18 heavy (non-hydrogen) atoms. The highest BCUT2D eigenvalue weighted by molar-refractivity contribution is 5.85. The molecule has 3 nitrogen and oxygen atoms in total. The summed E-state index contributed by atoms with van der Waals surface area (Å²) in [5, 5.41) is 6.28. The van der Waals surface area contributed by atoms with Gasteiger partial charge in [0.1, 0.15) is 0 Å². The predicted octanol–water partition coefficient (Wildman–Crippen LogP) is 1.91. The number of carbonyl (C=O) groups is 1. The van der Waals surface area contributed by atoms with E-state index in [0.717, 1.165) is 25.8 Å². The molecule has 2 rings (SSSR count). The molecule has 1 aliphatic rings. The highest BCUT2D eigenvalue weighted by Crippen LogP contribution is 2.07. The van der Waals surface area contributed by atoms with Crippen molar-refractivity contribution in [2.24, 2.45) is 0 Å². The Labute approximate surface area is 115 Å². The van der Waals surface area contributed by atoms with Crippen LogP contribution in [-0.2, 0) is 11.2 Å². The van der Waals surface area contributed by atoms with Crippen molar-refractivity contribution in [2.75, 3.05) is 6.54 Å². The van der Waals surface area contributed by atoms with Gasteiger partial charge in [-0.1, -0.05) is 30.3 Å². The highest BCUT2D eigenvalue weighted by Gasteiger charge is 2.22. The first-order valence-corrected chi connectivity index (χ1v) is 6.33. The van der Waals surface area contributed by atoms with Gasteiger partial charge in [0, 0.05) is 6.04 Å². The van der Waals surface area contributed by atoms with E-state index in [1.807, 2.05) is 18.2 Å². The largest absolute Gasteiger partial charge is 0.352 e. The van der Waals surface area contributed by atoms with Crippen molar-refractivity contribution in [1.82, 2.24) is 10.6 Å². The van der Waals surface area contributed by atoms with Crippen LogP contribution in [0.4, 0.5) is 0 Å². The smallest absolute Gasteiger partial charge is 0.237 e. The van der Waals surface area contributed by atoms with Gasteiger partial charge in [0.05, 0.1) is 6.04 Å². The summed E-state index contributed by atoms with van der Waals surface area (Å²) in [6, 6.07) is 10.5. The van der Waals surface area contributed by atoms with Gasteiger partial charge in [0.2, 0.25) is 5.91 Å². The first kappa shape index (κ1) is 15.0. The Bertz CT molecular complexity index is 363. The van der Waals surface area contributed by atoms with Crippen LogP contribution < -0.4 is 10.6 Å². The van der Waals surface area contributed by atoms with E-state index in [4.69, 9.17) is 0 Å². The zero-order valence-electron chi connectivity index (χ0n) is 10.7. The maximum Gasteiger partial charge on any atom is 0.237 e. The van der Waals surface area contributed by atoms with Crippen LogP contribution in [-0.4, -0.2) is 24.5 Å². The molecule has 2 unspecified atom stereocenters. The molecule has 0 bridgehead atoms. The minimum atomic E-state index is 0. The number of benzene rings is 1. The maximum atomic E-state index is 11.9. The van der Waals surface area contributed by atoms with Crippen molar-refractivity contribution in [3.8, 4) is 0 Å². The fourth-order valence-corrected chi connectivity index (χ4v) is 2.27. The Morgan fingerprint density at radius 1 is 1.44 bits per heavy atom. The summed E-state index contributed by atoms with van der Waals surface area (Å²) < 4.78 is 0. The summed E-state index contributed by atoms with van der Waals surface area (Å²) in [5.74, 6) is 0.144. The number of hydrogen-bond acceptors (Lipinski definition) is 2. The van der Waals surface area contributed by atoms with Crippen LogP contribution >= 0.6 is 12.4 Å². The van der Waals surface area contributed by atoms with E-state index in [2.05, 4.69) is 29.7 Å². The fourth-order valence-electron chi connectivity index (χ4n) is 2.27. The normalized spacial score (nSPS) is 19.9. The first-order valence-electron chi connectivity index (χ1n) is 6.33. The van der Waals surface area contributed by atoms with Crippen molar-refractivity contribution in [1.29, 1.82) is 0 Å². The predicted molar refractivity (Wildman–Crippen MR) is 76.0 cm³/mol. The van der Waals surface area contributed by atoms with Crippen LogP contribution in [0.3, 0.4) is 0 Å². The summed E-state index contributed by atoms with van der Waals surface area (Å²) in [6.07, 6.45) is 2.95. The van der Waals surface area contributed by atoms with Crippen LogP contribution in [0.1, 0.15) is 25.3 Å². The van der Waals surface area contributed by atoms with Crippen LogP contribution in [0, 0.1) is 0 Å². The van der Waals surface area contributed by atoms with Crippen molar-refractivity contribution in [3.05, 3.63) is 35.9 Å². The second-order valence-electron chi connectivity index (χ2n) is 4.75. The Kier molecular flexibility index (Phi) is 6.16. The maximum absolute atomic E-state index is 11.9. The lowest BCUT2D eigenvalue weighted by atomic mass is 10.1. The third-order valence-electron chi connectivity index (χ3n) is 3.15. The molecule has 0 aromatic heterocycles. The molecule has 1 saturated heterocycles. The fraction of sp³-hybridized carbons (Fsp3) is 0.500. The molecule has 0 saturated carbocycles. The van der Waals surface area contributed by atoms with Crippen LogP contribution in [0.25, 0.3) is 0 Å². The molecule has 1 aliphatic heterocycles. The first-order chi connectivity index (χ1) is 8.25. The lowest BCUT2D eigenvalue weighted by molar-refractivity contribution is -0.123. The number of hydrogen-bond donors (Lipinski definition) is 2. The van der Waals surface area contributed by atoms with Gasteiger partial charge >= 0.3 is 0 Å². The summed E-state index contributed by atoms with van der Waals surface area (Å²) in [7, 11) is 0. The minimum absolute atomic E-state index is 0. The lowest BCUT2D eigenvalue weighted by Gasteiger charge is -2.17. The summed E-state index contributed by atoms with van der Waals surface area (Å²) in [4.78, 5) is 11.9. The average molecular weight is 269 g/mol. The number of amides is 1. The summed E-state index contributed by atoms with van der Waals surface area (Å²) in [6.45, 7) is 3.02. The van der Waals surface area contributed by atoms with E-state index in [9.17, 15) is 4.79 Å². The Morgan fingerprint density at radius 3 is 2.78 bits per heavy atom. The van der Waals surface area contributed by atoms with Gasteiger partial charge in [0.25, 0.3) is 0 Å². The Balaban J connectivity index is 0.00000162. The van der Waals surface area contributed by atoms with Crippen molar-refractivity contribution < 1.29 is 4.79 Å². The van der Waals surface area contributed by atoms with Gasteiger partial charge in [-0.15, -0.1) is 12.4 Å². The molecule has 1 fully saturated rings. The molecular weight excluding hydrogens is 248 g/mol. The van der Waals surface area contributed by atoms with Crippen LogP contribution in [0.2, 0.25) is 0 Å². The minimum Gasteiger partial charge on any atom is -0.352 e. The van der Waals surface area contributed by atoms with Crippen molar-refractivity contribution >= 4 is 18.3 Å². The number of rotatable bonds is 4. The molecule has 1 heterocycles. The molecule has 0 radical (unpaired) electrons. The molecule has 0 spiro atoms. The van der Waals surface area contributed by atoms with Crippen molar-refractivity contribution in [3.63, 3.8) is 0 Å². The molecule has 1 aromatic carbocycles. The molecule has 0 aliphatic carbocycles. The van der Waals surface area contributed by atoms with E-state index in [0.29, 0.717) is 0 Å². The third kappa shape index (κ3) is 4.31. The number of halogens is 1. The van der Waals surface area contributed by atoms with Gasteiger partial charge in [0.15, 0.2) is 0 Å². The molecule has 1 amide bonds. The highest BCUT2D eigenvalue weighted by atomic mass is 35.5. The van der Waals surface area contributed by atoms with E-state index in [1.165, 1.54) is 5.56 Å². The van der Waals surface area contributed by atoms with Crippen molar-refractivity contribution in [2.45, 2.75) is 38.3 Å². The molecule has 1 aromatic rings. The Hall–Kier alpha value is -1.06. The topological polar surface area (TPSA) is 41.1 Å². The zero-order chi connectivity index (χ0) is 12.1. The van der Waals surface area contributed by atoms with Crippen LogP contribution in [0.5, 0.6) is 0 Å². The van der Waals surface area contributed by atoms with E-state index < -0.39 is 0 Å². The molecule has 100 valence electrons. The quantitative estimate of drug-likeness (QED) is 0.876. The van der Waals surface area contributed by atoms with Gasteiger partial charge in [-0.3, -0.25) is 4.79 Å². The second kappa shape index (κ2) is 7.39. The van der Waals surface area contributed by atoms with Gasteiger partial charge in [-0.2, -0.15) is 0 Å². The van der Waals surface area contributed by atoms with E-state index in [-0.39, 0.29) is 30.4 Å². The van der Waals surface area contributed by atoms with E-state index >= 15 is 0 Å². The van der Waals surface area contributed by atoms with E-state index in [1.54, 1.807) is 0 Å². The van der Waals surface area contributed by atoms with Gasteiger partial charge < -0.3 is 10.6 Å². The molecular formula is C14H21ClN2O. The lowest BCUT2D eigenvalue weighted by Crippen LogP contribution is -2.44. The Morgan fingerprint density at radius 2 is 2.17 bits per heavy atom. The average Bonchev–Trinajstić information content (AvgIpc) is 2.83. The number of nitrogens with one attached hydrogen (secondary N) is 2. The standard InChI is InChI=1S/C14H20N2O.ClH/c1-11(10-12-6-3-2-4-7-12)16-14(17)13-8-5-9-15-13;/h2-4,6-7,11,13,15H,5,8-10H2,1H3,(H,16,17);1H. The zero-order valence-corrected chi connectivity index (χ0v) is 11.5. The monoisotopic (exact) mass is 268 g/mol. The molecule has 2 atom stereocenters.